The topological polar surface area (TPSA) is 75.6 Å². The number of nitrogens with one attached hydrogen (secondary N) is 2. The highest BCUT2D eigenvalue weighted by Crippen LogP contribution is 2.24. The van der Waals surface area contributed by atoms with Crippen molar-refractivity contribution in [3.05, 3.63) is 53.2 Å². The van der Waals surface area contributed by atoms with Gasteiger partial charge in [0.2, 0.25) is 5.91 Å². The first-order chi connectivity index (χ1) is 12.4. The molecular weight excluding hydrogens is 333 g/mol. The molecule has 3 aromatic heterocycles. The Morgan fingerprint density at radius 1 is 1.27 bits per heavy atom. The molecule has 0 unspecified atom stereocenters. The van der Waals surface area contributed by atoms with Crippen LogP contribution in [0.5, 0.6) is 0 Å². The maximum absolute atomic E-state index is 13.6. The summed E-state index contributed by atoms with van der Waals surface area (Å²) in [7, 11) is 1.83. The average Bonchev–Trinajstić information content (AvgIpc) is 3.04. The number of aryl methyl sites for hydroxylation is 3. The Morgan fingerprint density at radius 2 is 2.08 bits per heavy atom. The smallest absolute Gasteiger partial charge is 0.228 e. The predicted octanol–water partition coefficient (Wildman–Crippen LogP) is 3.39. The number of fused-ring (bicyclic) bond motifs is 2. The highest BCUT2D eigenvalue weighted by Gasteiger charge is 2.14. The molecule has 26 heavy (non-hydrogen) atoms. The molecule has 4 aromatic rings. The van der Waals surface area contributed by atoms with Gasteiger partial charge in [-0.3, -0.25) is 9.48 Å². The van der Waals surface area contributed by atoms with Crippen LogP contribution in [0.15, 0.2) is 30.5 Å². The average molecular weight is 351 g/mol. The predicted molar refractivity (Wildman–Crippen MR) is 98.6 cm³/mol. The monoisotopic (exact) mass is 351 g/mol. The van der Waals surface area contributed by atoms with Gasteiger partial charge in [0.1, 0.15) is 5.82 Å². The molecule has 0 aliphatic heterocycles. The third kappa shape index (κ3) is 2.71. The molecule has 0 radical (unpaired) electrons. The molecule has 6 nitrogen and oxygen atoms in total. The van der Waals surface area contributed by atoms with Crippen LogP contribution in [0.4, 0.5) is 10.1 Å². The van der Waals surface area contributed by atoms with Gasteiger partial charge in [-0.1, -0.05) is 0 Å². The molecule has 0 fully saturated rings. The summed E-state index contributed by atoms with van der Waals surface area (Å²) in [6.07, 6.45) is 1.77. The molecule has 0 bridgehead atoms. The van der Waals surface area contributed by atoms with Crippen molar-refractivity contribution < 1.29 is 9.18 Å². The zero-order valence-electron chi connectivity index (χ0n) is 14.7. The van der Waals surface area contributed by atoms with Gasteiger partial charge >= 0.3 is 0 Å². The molecule has 7 heteroatoms. The standard InChI is InChI=1S/C19H18FN5O/c1-10-14(16-6-12(20)4-5-17(16)22-10)8-18(26)23-13-7-15-11(2)24-25(3)19(15)21-9-13/h4-7,9,22H,8H2,1-3H3,(H,23,26). The number of nitrogens with zero attached hydrogens (tertiary/aromatic N) is 3. The zero-order valence-corrected chi connectivity index (χ0v) is 14.7. The molecule has 2 N–H and O–H groups in total. The van der Waals surface area contributed by atoms with Crippen molar-refractivity contribution in [3.63, 3.8) is 0 Å². The summed E-state index contributed by atoms with van der Waals surface area (Å²) >= 11 is 0. The van der Waals surface area contributed by atoms with E-state index in [-0.39, 0.29) is 18.1 Å². The van der Waals surface area contributed by atoms with Crippen molar-refractivity contribution in [2.45, 2.75) is 20.3 Å². The number of aromatic nitrogens is 4. The SMILES string of the molecule is Cc1[nH]c2ccc(F)cc2c1CC(=O)Nc1cnc2c(c1)c(C)nn2C. The van der Waals surface area contributed by atoms with Gasteiger partial charge in [-0.25, -0.2) is 9.37 Å². The Balaban J connectivity index is 1.61. The van der Waals surface area contributed by atoms with Gasteiger partial charge < -0.3 is 10.3 Å². The van der Waals surface area contributed by atoms with Gasteiger partial charge in [0.25, 0.3) is 0 Å². The largest absolute Gasteiger partial charge is 0.358 e. The molecule has 3 heterocycles. The number of pyridine rings is 1. The minimum atomic E-state index is -0.320. The molecular formula is C19H18FN5O. The van der Waals surface area contributed by atoms with E-state index in [1.54, 1.807) is 16.9 Å². The van der Waals surface area contributed by atoms with Crippen molar-refractivity contribution in [1.29, 1.82) is 0 Å². The van der Waals surface area contributed by atoms with Gasteiger partial charge in [-0.2, -0.15) is 5.10 Å². The summed E-state index contributed by atoms with van der Waals surface area (Å²) in [5.74, 6) is -0.499. The zero-order chi connectivity index (χ0) is 18.4. The summed E-state index contributed by atoms with van der Waals surface area (Å²) < 4.78 is 15.3. The lowest BCUT2D eigenvalue weighted by atomic mass is 10.1. The van der Waals surface area contributed by atoms with Crippen molar-refractivity contribution in [1.82, 2.24) is 19.7 Å². The number of benzene rings is 1. The van der Waals surface area contributed by atoms with Gasteiger partial charge in [-0.15, -0.1) is 0 Å². The van der Waals surface area contributed by atoms with Crippen LogP contribution >= 0.6 is 0 Å². The quantitative estimate of drug-likeness (QED) is 0.594. The molecule has 0 spiro atoms. The van der Waals surface area contributed by atoms with E-state index in [9.17, 15) is 9.18 Å². The number of halogens is 1. The maximum atomic E-state index is 13.6. The Morgan fingerprint density at radius 3 is 2.88 bits per heavy atom. The Bertz CT molecular complexity index is 1160. The van der Waals surface area contributed by atoms with Gasteiger partial charge in [0.15, 0.2) is 5.65 Å². The van der Waals surface area contributed by atoms with Gasteiger partial charge in [0.05, 0.1) is 24.0 Å². The Hall–Kier alpha value is -3.22. The molecule has 0 saturated heterocycles. The normalized spacial score (nSPS) is 11.4. The first kappa shape index (κ1) is 16.3. The fraction of sp³-hybridized carbons (Fsp3) is 0.211. The number of anilines is 1. The van der Waals surface area contributed by atoms with Crippen LogP contribution < -0.4 is 5.32 Å². The van der Waals surface area contributed by atoms with Crippen molar-refractivity contribution in [3.8, 4) is 0 Å². The van der Waals surface area contributed by atoms with Crippen LogP contribution in [-0.4, -0.2) is 25.7 Å². The molecule has 4 rings (SSSR count). The lowest BCUT2D eigenvalue weighted by Gasteiger charge is -2.06. The summed E-state index contributed by atoms with van der Waals surface area (Å²) in [5, 5.41) is 8.83. The van der Waals surface area contributed by atoms with E-state index in [4.69, 9.17) is 0 Å². The van der Waals surface area contributed by atoms with E-state index in [1.807, 2.05) is 27.0 Å². The van der Waals surface area contributed by atoms with Crippen LogP contribution in [-0.2, 0) is 18.3 Å². The summed E-state index contributed by atoms with van der Waals surface area (Å²) in [6.45, 7) is 3.78. The van der Waals surface area contributed by atoms with E-state index in [0.29, 0.717) is 5.69 Å². The van der Waals surface area contributed by atoms with Gasteiger partial charge in [0, 0.05) is 29.0 Å². The summed E-state index contributed by atoms with van der Waals surface area (Å²) in [4.78, 5) is 20.1. The first-order valence-corrected chi connectivity index (χ1v) is 8.28. The molecule has 0 aliphatic rings. The highest BCUT2D eigenvalue weighted by molar-refractivity contribution is 5.97. The molecule has 0 atom stereocenters. The summed E-state index contributed by atoms with van der Waals surface area (Å²) in [6, 6.07) is 6.40. The lowest BCUT2D eigenvalue weighted by molar-refractivity contribution is -0.115. The molecule has 132 valence electrons. The number of hydrogen-bond donors (Lipinski definition) is 2. The van der Waals surface area contributed by atoms with E-state index < -0.39 is 0 Å². The number of carbonyl (C=O) groups excluding carboxylic acids is 1. The number of H-pyrrole nitrogens is 1. The van der Waals surface area contributed by atoms with Crippen LogP contribution in [0.2, 0.25) is 0 Å². The fourth-order valence-electron chi connectivity index (χ4n) is 3.32. The number of rotatable bonds is 3. The number of carbonyl (C=O) groups is 1. The fourth-order valence-corrected chi connectivity index (χ4v) is 3.32. The van der Waals surface area contributed by atoms with E-state index in [1.165, 1.54) is 12.1 Å². The van der Waals surface area contributed by atoms with E-state index in [0.717, 1.165) is 38.9 Å². The van der Waals surface area contributed by atoms with Crippen LogP contribution in [0.1, 0.15) is 17.0 Å². The second kappa shape index (κ2) is 5.94. The third-order valence-electron chi connectivity index (χ3n) is 4.57. The Labute approximate surface area is 149 Å². The summed E-state index contributed by atoms with van der Waals surface area (Å²) in [5.41, 5.74) is 4.71. The van der Waals surface area contributed by atoms with E-state index in [2.05, 4.69) is 20.4 Å². The van der Waals surface area contributed by atoms with E-state index >= 15 is 0 Å². The van der Waals surface area contributed by atoms with Crippen molar-refractivity contribution in [2.24, 2.45) is 7.05 Å². The molecule has 0 saturated carbocycles. The maximum Gasteiger partial charge on any atom is 0.228 e. The minimum Gasteiger partial charge on any atom is -0.358 e. The molecule has 1 aromatic carbocycles. The van der Waals surface area contributed by atoms with Crippen LogP contribution in [0.3, 0.4) is 0 Å². The Kier molecular flexibility index (Phi) is 3.72. The lowest BCUT2D eigenvalue weighted by Crippen LogP contribution is -2.15. The number of aromatic amines is 1. The second-order valence-corrected chi connectivity index (χ2v) is 6.45. The third-order valence-corrected chi connectivity index (χ3v) is 4.57. The minimum absolute atomic E-state index is 0.152. The second-order valence-electron chi connectivity index (χ2n) is 6.45. The first-order valence-electron chi connectivity index (χ1n) is 8.28. The van der Waals surface area contributed by atoms with Crippen molar-refractivity contribution >= 4 is 33.5 Å². The number of amides is 1. The molecule has 0 aliphatic carbocycles. The molecule has 1 amide bonds. The van der Waals surface area contributed by atoms with Crippen LogP contribution in [0.25, 0.3) is 21.9 Å². The highest BCUT2D eigenvalue weighted by atomic mass is 19.1. The number of hydrogen-bond acceptors (Lipinski definition) is 3. The van der Waals surface area contributed by atoms with Gasteiger partial charge in [-0.05, 0) is 43.7 Å². The van der Waals surface area contributed by atoms with Crippen LogP contribution in [0, 0.1) is 19.7 Å². The van der Waals surface area contributed by atoms with Crippen molar-refractivity contribution in [2.75, 3.05) is 5.32 Å².